The summed E-state index contributed by atoms with van der Waals surface area (Å²) in [6, 6.07) is 6.99. The van der Waals surface area contributed by atoms with Crippen molar-refractivity contribution in [3.8, 4) is 5.75 Å². The van der Waals surface area contributed by atoms with Crippen LogP contribution in [0.4, 0.5) is 5.69 Å². The van der Waals surface area contributed by atoms with E-state index in [1.807, 2.05) is 6.07 Å². The van der Waals surface area contributed by atoms with Crippen LogP contribution in [0.5, 0.6) is 5.75 Å². The molecule has 6 heteroatoms. The number of rotatable bonds is 9. The Labute approximate surface area is 126 Å². The molecule has 0 aliphatic rings. The first kappa shape index (κ1) is 17.1. The van der Waals surface area contributed by atoms with E-state index in [0.717, 1.165) is 0 Å². The molecule has 0 aliphatic carbocycles. The van der Waals surface area contributed by atoms with E-state index < -0.39 is 10.0 Å². The molecule has 0 saturated heterocycles. The van der Waals surface area contributed by atoms with Crippen LogP contribution in [0, 0.1) is 5.92 Å². The van der Waals surface area contributed by atoms with Gasteiger partial charge in [-0.1, -0.05) is 19.9 Å². The Morgan fingerprint density at radius 2 is 2.05 bits per heavy atom. The first-order valence-corrected chi connectivity index (χ1v) is 8.91. The summed E-state index contributed by atoms with van der Waals surface area (Å²) in [5.41, 5.74) is 0.525. The van der Waals surface area contributed by atoms with Crippen LogP contribution in [0.2, 0.25) is 0 Å². The van der Waals surface area contributed by atoms with Gasteiger partial charge in [0.1, 0.15) is 5.75 Å². The maximum atomic E-state index is 11.9. The fraction of sp³-hybridized carbons (Fsp3) is 0.571. The van der Waals surface area contributed by atoms with Crippen molar-refractivity contribution >= 4 is 27.3 Å². The molecule has 0 spiro atoms. The van der Waals surface area contributed by atoms with Crippen LogP contribution >= 0.6 is 11.6 Å². The fourth-order valence-corrected chi connectivity index (χ4v) is 2.89. The van der Waals surface area contributed by atoms with Crippen molar-refractivity contribution in [2.75, 3.05) is 23.0 Å². The average Bonchev–Trinajstić information content (AvgIpc) is 2.36. The Morgan fingerprint density at radius 1 is 1.30 bits per heavy atom. The van der Waals surface area contributed by atoms with Crippen molar-refractivity contribution in [2.45, 2.75) is 26.7 Å². The molecule has 20 heavy (non-hydrogen) atoms. The Bertz CT molecular complexity index is 503. The van der Waals surface area contributed by atoms with Gasteiger partial charge in [-0.2, -0.15) is 0 Å². The van der Waals surface area contributed by atoms with E-state index in [1.54, 1.807) is 18.2 Å². The molecule has 0 heterocycles. The predicted octanol–water partition coefficient (Wildman–Crippen LogP) is 3.48. The number of hydrogen-bond donors (Lipinski definition) is 1. The van der Waals surface area contributed by atoms with Crippen molar-refractivity contribution in [3.05, 3.63) is 24.3 Å². The van der Waals surface area contributed by atoms with Crippen molar-refractivity contribution in [1.82, 2.24) is 0 Å². The lowest BCUT2D eigenvalue weighted by Gasteiger charge is -2.11. The van der Waals surface area contributed by atoms with E-state index in [2.05, 4.69) is 18.6 Å². The standard InChI is InChI=1S/C14H22ClNO3S/c1-12(2)11-19-14-7-5-6-13(10-14)16-20(17,18)9-4-3-8-15/h5-7,10,12,16H,3-4,8-9,11H2,1-2H3. The topological polar surface area (TPSA) is 55.4 Å². The van der Waals surface area contributed by atoms with Gasteiger partial charge in [0, 0.05) is 11.9 Å². The molecule has 0 amide bonds. The zero-order valence-corrected chi connectivity index (χ0v) is 13.5. The molecule has 0 fully saturated rings. The van der Waals surface area contributed by atoms with Crippen LogP contribution in [0.3, 0.4) is 0 Å². The number of halogens is 1. The second-order valence-electron chi connectivity index (χ2n) is 5.05. The first-order chi connectivity index (χ1) is 9.43. The predicted molar refractivity (Wildman–Crippen MR) is 84.1 cm³/mol. The highest BCUT2D eigenvalue weighted by Crippen LogP contribution is 2.19. The monoisotopic (exact) mass is 319 g/mol. The van der Waals surface area contributed by atoms with Crippen molar-refractivity contribution in [3.63, 3.8) is 0 Å². The Morgan fingerprint density at radius 3 is 2.70 bits per heavy atom. The molecular formula is C14H22ClNO3S. The Balaban J connectivity index is 2.60. The number of hydrogen-bond acceptors (Lipinski definition) is 3. The van der Waals surface area contributed by atoms with Crippen LogP contribution < -0.4 is 9.46 Å². The third kappa shape index (κ3) is 7.01. The van der Waals surface area contributed by atoms with Gasteiger partial charge in [-0.15, -0.1) is 11.6 Å². The zero-order chi connectivity index (χ0) is 15.0. The molecule has 1 rings (SSSR count). The first-order valence-electron chi connectivity index (χ1n) is 6.72. The summed E-state index contributed by atoms with van der Waals surface area (Å²) < 4.78 is 31.8. The molecule has 0 aromatic heterocycles. The summed E-state index contributed by atoms with van der Waals surface area (Å²) in [6.07, 6.45) is 1.25. The van der Waals surface area contributed by atoms with E-state index in [-0.39, 0.29) is 5.75 Å². The largest absolute Gasteiger partial charge is 0.493 e. The third-order valence-corrected chi connectivity index (χ3v) is 4.13. The number of nitrogens with one attached hydrogen (secondary N) is 1. The number of unbranched alkanes of at least 4 members (excludes halogenated alkanes) is 1. The van der Waals surface area contributed by atoms with E-state index in [9.17, 15) is 8.42 Å². The molecule has 1 aromatic rings. The summed E-state index contributed by atoms with van der Waals surface area (Å²) in [6.45, 7) is 4.72. The van der Waals surface area contributed by atoms with Crippen LogP contribution in [0.1, 0.15) is 26.7 Å². The van der Waals surface area contributed by atoms with Gasteiger partial charge in [-0.05, 0) is 30.9 Å². The lowest BCUT2D eigenvalue weighted by molar-refractivity contribution is 0.271. The normalized spacial score (nSPS) is 11.6. The lowest BCUT2D eigenvalue weighted by Crippen LogP contribution is -2.16. The molecule has 1 aromatic carbocycles. The molecule has 1 N–H and O–H groups in total. The van der Waals surface area contributed by atoms with Crippen molar-refractivity contribution < 1.29 is 13.2 Å². The maximum absolute atomic E-state index is 11.9. The van der Waals surface area contributed by atoms with Gasteiger partial charge in [-0.25, -0.2) is 8.42 Å². The average molecular weight is 320 g/mol. The Hall–Kier alpha value is -0.940. The number of sulfonamides is 1. The zero-order valence-electron chi connectivity index (χ0n) is 11.9. The van der Waals surface area contributed by atoms with Gasteiger partial charge in [0.15, 0.2) is 0 Å². The summed E-state index contributed by atoms with van der Waals surface area (Å²) in [5, 5.41) is 0. The summed E-state index contributed by atoms with van der Waals surface area (Å²) in [4.78, 5) is 0. The molecular weight excluding hydrogens is 298 g/mol. The third-order valence-electron chi connectivity index (χ3n) is 2.49. The molecule has 0 unspecified atom stereocenters. The van der Waals surface area contributed by atoms with Gasteiger partial charge >= 0.3 is 0 Å². The molecule has 114 valence electrons. The van der Waals surface area contributed by atoms with Crippen molar-refractivity contribution in [1.29, 1.82) is 0 Å². The quantitative estimate of drug-likeness (QED) is 0.560. The van der Waals surface area contributed by atoms with Crippen molar-refractivity contribution in [2.24, 2.45) is 5.92 Å². The minimum atomic E-state index is -3.32. The molecule has 0 atom stereocenters. The van der Waals surface area contributed by atoms with E-state index >= 15 is 0 Å². The van der Waals surface area contributed by atoms with E-state index in [0.29, 0.717) is 42.7 Å². The second kappa shape index (κ2) is 8.37. The molecule has 4 nitrogen and oxygen atoms in total. The highest BCUT2D eigenvalue weighted by atomic mass is 35.5. The highest BCUT2D eigenvalue weighted by molar-refractivity contribution is 7.92. The molecule has 0 bridgehead atoms. The van der Waals surface area contributed by atoms with Gasteiger partial charge in [0.05, 0.1) is 18.0 Å². The summed E-state index contributed by atoms with van der Waals surface area (Å²) >= 11 is 5.54. The number of benzene rings is 1. The van der Waals surface area contributed by atoms with E-state index in [1.165, 1.54) is 0 Å². The van der Waals surface area contributed by atoms with Gasteiger partial charge in [-0.3, -0.25) is 4.72 Å². The Kier molecular flexibility index (Phi) is 7.16. The van der Waals surface area contributed by atoms with Gasteiger partial charge in [0.2, 0.25) is 10.0 Å². The highest BCUT2D eigenvalue weighted by Gasteiger charge is 2.10. The minimum absolute atomic E-state index is 0.0802. The number of alkyl halides is 1. The smallest absolute Gasteiger partial charge is 0.232 e. The van der Waals surface area contributed by atoms with Crippen LogP contribution in [0.15, 0.2) is 24.3 Å². The molecule has 0 radical (unpaired) electrons. The molecule has 0 saturated carbocycles. The fourth-order valence-electron chi connectivity index (χ4n) is 1.53. The van der Waals surface area contributed by atoms with Gasteiger partial charge < -0.3 is 4.74 Å². The van der Waals surface area contributed by atoms with Crippen LogP contribution in [-0.2, 0) is 10.0 Å². The van der Waals surface area contributed by atoms with E-state index in [4.69, 9.17) is 16.3 Å². The summed E-state index contributed by atoms with van der Waals surface area (Å²) in [5.74, 6) is 1.65. The SMILES string of the molecule is CC(C)COc1cccc(NS(=O)(=O)CCCCCl)c1. The van der Waals surface area contributed by atoms with Gasteiger partial charge in [0.25, 0.3) is 0 Å². The van der Waals surface area contributed by atoms with Crippen LogP contribution in [-0.4, -0.2) is 26.7 Å². The number of ether oxygens (including phenoxy) is 1. The second-order valence-corrected chi connectivity index (χ2v) is 7.27. The number of anilines is 1. The van der Waals surface area contributed by atoms with Crippen LogP contribution in [0.25, 0.3) is 0 Å². The maximum Gasteiger partial charge on any atom is 0.232 e. The minimum Gasteiger partial charge on any atom is -0.493 e. The lowest BCUT2D eigenvalue weighted by atomic mass is 10.2. The molecule has 0 aliphatic heterocycles. The summed E-state index contributed by atoms with van der Waals surface area (Å²) in [7, 11) is -3.32.